The number of carbonyl (C=O) groups excluding carboxylic acids is 1. The van der Waals surface area contributed by atoms with E-state index in [4.69, 9.17) is 21.1 Å². The summed E-state index contributed by atoms with van der Waals surface area (Å²) in [7, 11) is 3.18. The van der Waals surface area contributed by atoms with Crippen LogP contribution in [0.3, 0.4) is 0 Å². The Morgan fingerprint density at radius 2 is 1.95 bits per heavy atom. The number of carbonyl (C=O) groups is 1. The van der Waals surface area contributed by atoms with Gasteiger partial charge in [0.15, 0.2) is 23.3 Å². The Kier molecular flexibility index (Phi) is 9.28. The van der Waals surface area contributed by atoms with E-state index in [0.717, 1.165) is 23.9 Å². The molecule has 3 unspecified atom stereocenters. The molecule has 18 heteroatoms. The molecule has 5 rings (SSSR count). The highest BCUT2D eigenvalue weighted by atomic mass is 35.5. The number of nitrogens with zero attached hydrogens (tertiary/aromatic N) is 7. The largest absolute Gasteiger partial charge is 0.394 e. The molecular formula is C25H24ClF3N8O5S. The Morgan fingerprint density at radius 1 is 1.21 bits per heavy atom. The molecule has 1 fully saturated rings. The number of aliphatic hydroxyl groups excluding tert-OH is 2. The van der Waals surface area contributed by atoms with Crippen LogP contribution in [0.4, 0.5) is 13.2 Å². The third-order valence-electron chi connectivity index (χ3n) is 6.54. The lowest BCUT2D eigenvalue weighted by Crippen LogP contribution is -2.55. The Hall–Kier alpha value is -3.61. The summed E-state index contributed by atoms with van der Waals surface area (Å²) in [4.78, 5) is 14.8. The van der Waals surface area contributed by atoms with Crippen molar-refractivity contribution in [2.75, 3.05) is 20.7 Å². The predicted octanol–water partition coefficient (Wildman–Crippen LogP) is 2.23. The molecule has 0 aliphatic carbocycles. The predicted molar refractivity (Wildman–Crippen MR) is 144 cm³/mol. The van der Waals surface area contributed by atoms with Crippen LogP contribution in [0.2, 0.25) is 5.02 Å². The number of nitrogens with one attached hydrogen (secondary N) is 1. The maximum absolute atomic E-state index is 13.9. The van der Waals surface area contributed by atoms with Crippen LogP contribution in [0.25, 0.3) is 11.3 Å². The van der Waals surface area contributed by atoms with Gasteiger partial charge in [-0.3, -0.25) is 4.79 Å². The summed E-state index contributed by atoms with van der Waals surface area (Å²) in [6.07, 6.45) is -2.39. The van der Waals surface area contributed by atoms with Crippen molar-refractivity contribution in [1.82, 2.24) is 40.5 Å². The van der Waals surface area contributed by atoms with E-state index >= 15 is 0 Å². The molecule has 1 amide bonds. The van der Waals surface area contributed by atoms with Crippen molar-refractivity contribution in [3.63, 3.8) is 0 Å². The summed E-state index contributed by atoms with van der Waals surface area (Å²) < 4.78 is 54.8. The average Bonchev–Trinajstić information content (AvgIpc) is 3.68. The van der Waals surface area contributed by atoms with E-state index in [2.05, 4.69) is 30.9 Å². The molecule has 228 valence electrons. The lowest BCUT2D eigenvalue weighted by atomic mass is 9.97. The number of halogens is 4. The number of ether oxygens (including phenoxy) is 2. The molecular weight excluding hydrogens is 617 g/mol. The monoisotopic (exact) mass is 640 g/mol. The van der Waals surface area contributed by atoms with Gasteiger partial charge in [-0.15, -0.1) is 15.3 Å². The number of amides is 1. The number of aromatic nitrogens is 7. The van der Waals surface area contributed by atoms with E-state index in [9.17, 15) is 28.2 Å². The third kappa shape index (κ3) is 6.51. The minimum atomic E-state index is -1.63. The van der Waals surface area contributed by atoms with E-state index in [-0.39, 0.29) is 29.6 Å². The van der Waals surface area contributed by atoms with Crippen LogP contribution in [-0.4, -0.2) is 101 Å². The highest BCUT2D eigenvalue weighted by molar-refractivity contribution is 8.00. The van der Waals surface area contributed by atoms with Crippen LogP contribution in [0, 0.1) is 17.5 Å². The second-order valence-corrected chi connectivity index (χ2v) is 11.2. The minimum Gasteiger partial charge on any atom is -0.394 e. The molecule has 0 saturated carbocycles. The number of benzene rings is 2. The number of rotatable bonds is 9. The van der Waals surface area contributed by atoms with Crippen molar-refractivity contribution in [2.45, 2.75) is 41.3 Å². The van der Waals surface area contributed by atoms with E-state index in [1.165, 1.54) is 15.8 Å². The minimum absolute atomic E-state index is 0.0353. The summed E-state index contributed by atoms with van der Waals surface area (Å²) >= 11 is 7.32. The Morgan fingerprint density at radius 3 is 2.60 bits per heavy atom. The molecule has 5 atom stereocenters. The molecule has 1 saturated heterocycles. The number of H-pyrrole nitrogens is 1. The molecule has 4 aromatic rings. The Balaban J connectivity index is 1.55. The van der Waals surface area contributed by atoms with Crippen molar-refractivity contribution in [2.24, 2.45) is 0 Å². The molecule has 1 aliphatic heterocycles. The van der Waals surface area contributed by atoms with Gasteiger partial charge >= 0.3 is 0 Å². The first-order chi connectivity index (χ1) is 20.6. The van der Waals surface area contributed by atoms with Gasteiger partial charge in [0.25, 0.3) is 5.91 Å². The van der Waals surface area contributed by atoms with E-state index in [1.807, 2.05) is 0 Å². The van der Waals surface area contributed by atoms with Crippen LogP contribution in [0.5, 0.6) is 0 Å². The lowest BCUT2D eigenvalue weighted by molar-refractivity contribution is -0.196. The van der Waals surface area contributed by atoms with Gasteiger partial charge in [-0.2, -0.15) is 5.21 Å². The van der Waals surface area contributed by atoms with Crippen LogP contribution < -0.4 is 0 Å². The molecule has 2 aromatic carbocycles. The molecule has 3 N–H and O–H groups in total. The number of hydrogen-bond donors (Lipinski definition) is 3. The number of thioether (sulfide) groups is 1. The zero-order valence-corrected chi connectivity index (χ0v) is 24.0. The van der Waals surface area contributed by atoms with Crippen molar-refractivity contribution in [3.05, 3.63) is 70.4 Å². The highest BCUT2D eigenvalue weighted by Gasteiger charge is 2.48. The van der Waals surface area contributed by atoms with Gasteiger partial charge in [0, 0.05) is 29.6 Å². The maximum Gasteiger partial charge on any atom is 0.254 e. The second kappa shape index (κ2) is 12.9. The maximum atomic E-state index is 13.9. The van der Waals surface area contributed by atoms with Gasteiger partial charge in [0.1, 0.15) is 42.1 Å². The quantitative estimate of drug-likeness (QED) is 0.230. The first kappa shape index (κ1) is 30.8. The van der Waals surface area contributed by atoms with Crippen molar-refractivity contribution in [3.8, 4) is 11.3 Å². The third-order valence-corrected chi connectivity index (χ3v) is 7.98. The molecule has 0 spiro atoms. The number of hydrogen-bond acceptors (Lipinski definition) is 11. The molecule has 43 heavy (non-hydrogen) atoms. The number of tetrazole rings is 1. The average molecular weight is 641 g/mol. The highest BCUT2D eigenvalue weighted by Crippen LogP contribution is 2.42. The zero-order valence-electron chi connectivity index (χ0n) is 22.4. The summed E-state index contributed by atoms with van der Waals surface area (Å²) in [5.74, 6) is -4.61. The molecule has 2 aromatic heterocycles. The standard InChI is InChI=1S/C25H24ClF3N8O5S/c1-36(2)24(40)13-4-3-12(26)7-18(13)43-25-23(41-10-19-31-33-34-32-19)21(22(39)17(9-38)42-25)37-8-16(30-35-37)11-5-14(27)20(29)15(28)6-11/h3-8,17,21-23,25,38-39H,9-10H2,1-2H3,(H,31,32,33,34)/t17?,21?,22-,23?,25+/m0/s1. The molecule has 1 aliphatic rings. The van der Waals surface area contributed by atoms with Gasteiger partial charge in [-0.1, -0.05) is 33.8 Å². The van der Waals surface area contributed by atoms with Gasteiger partial charge in [-0.25, -0.2) is 17.9 Å². The summed E-state index contributed by atoms with van der Waals surface area (Å²) in [5.41, 5.74) is -0.833. The smallest absolute Gasteiger partial charge is 0.254 e. The summed E-state index contributed by atoms with van der Waals surface area (Å²) in [6, 6.07) is 5.10. The summed E-state index contributed by atoms with van der Waals surface area (Å²) in [5, 5.41) is 43.3. The van der Waals surface area contributed by atoms with E-state index < -0.39 is 53.8 Å². The molecule has 3 heterocycles. The van der Waals surface area contributed by atoms with E-state index in [0.29, 0.717) is 15.5 Å². The Labute approximate surface area is 250 Å². The van der Waals surface area contributed by atoms with Crippen molar-refractivity contribution >= 4 is 29.3 Å². The van der Waals surface area contributed by atoms with Gasteiger partial charge in [-0.05, 0) is 30.3 Å². The van der Waals surface area contributed by atoms with Gasteiger partial charge < -0.3 is 24.6 Å². The fourth-order valence-electron chi connectivity index (χ4n) is 4.44. The first-order valence-electron chi connectivity index (χ1n) is 12.6. The SMILES string of the molecule is CN(C)C(=O)c1ccc(Cl)cc1S[C@H]1OC(CO)[C@H](O)C(n2cc(-c3cc(F)c(F)c(F)c3)nn2)C1OCc1nn[nH]n1. The normalized spacial score (nSPS) is 22.1. The fraction of sp³-hybridized carbons (Fsp3) is 0.360. The van der Waals surface area contributed by atoms with Gasteiger partial charge in [0.2, 0.25) is 0 Å². The number of aliphatic hydroxyl groups is 2. The summed E-state index contributed by atoms with van der Waals surface area (Å²) in [6.45, 7) is -0.815. The van der Waals surface area contributed by atoms with Crippen LogP contribution >= 0.6 is 23.4 Å². The topological polar surface area (TPSA) is 164 Å². The van der Waals surface area contributed by atoms with Crippen molar-refractivity contribution < 1.29 is 37.7 Å². The second-order valence-electron chi connectivity index (χ2n) is 9.61. The van der Waals surface area contributed by atoms with E-state index in [1.54, 1.807) is 32.3 Å². The molecule has 0 bridgehead atoms. The zero-order chi connectivity index (χ0) is 30.8. The van der Waals surface area contributed by atoms with Crippen LogP contribution in [0.1, 0.15) is 22.2 Å². The van der Waals surface area contributed by atoms with Crippen LogP contribution in [-0.2, 0) is 16.1 Å². The Bertz CT molecular complexity index is 1570. The molecule has 0 radical (unpaired) electrons. The van der Waals surface area contributed by atoms with Gasteiger partial charge in [0.05, 0.1) is 18.4 Å². The van der Waals surface area contributed by atoms with Crippen LogP contribution in [0.15, 0.2) is 41.4 Å². The fourth-order valence-corrected chi connectivity index (χ4v) is 5.98. The first-order valence-corrected chi connectivity index (χ1v) is 13.9. The molecule has 13 nitrogen and oxygen atoms in total. The van der Waals surface area contributed by atoms with Crippen molar-refractivity contribution in [1.29, 1.82) is 0 Å². The lowest BCUT2D eigenvalue weighted by Gasteiger charge is -2.43. The number of aromatic amines is 1.